The van der Waals surface area contributed by atoms with Gasteiger partial charge in [-0.2, -0.15) is 5.26 Å². The molecule has 0 N–H and O–H groups in total. The number of nitrogens with zero attached hydrogens (tertiary/aromatic N) is 3. The molecule has 0 aromatic rings. The minimum Gasteiger partial charge on any atom is -0.337 e. The summed E-state index contributed by atoms with van der Waals surface area (Å²) < 4.78 is 0. The third kappa shape index (κ3) is 1.42. The first-order valence-corrected chi connectivity index (χ1v) is 6.22. The van der Waals surface area contributed by atoms with Crippen molar-refractivity contribution in [2.24, 2.45) is 5.92 Å². The first-order valence-electron chi connectivity index (χ1n) is 6.22. The lowest BCUT2D eigenvalue weighted by Crippen LogP contribution is -2.43. The van der Waals surface area contributed by atoms with Crippen molar-refractivity contribution >= 4 is 5.91 Å². The maximum atomic E-state index is 11.9. The zero-order valence-corrected chi connectivity index (χ0v) is 9.43. The molecule has 3 rings (SSSR count). The second kappa shape index (κ2) is 3.74. The molecule has 3 unspecified atom stereocenters. The number of nitriles is 1. The van der Waals surface area contributed by atoms with Gasteiger partial charge in [0.25, 0.3) is 0 Å². The molecule has 4 heteroatoms. The van der Waals surface area contributed by atoms with Crippen LogP contribution in [0.5, 0.6) is 0 Å². The van der Waals surface area contributed by atoms with Crippen LogP contribution in [0.1, 0.15) is 25.7 Å². The van der Waals surface area contributed by atoms with E-state index in [4.69, 9.17) is 5.26 Å². The smallest absolute Gasteiger partial charge is 0.224 e. The topological polar surface area (TPSA) is 47.3 Å². The van der Waals surface area contributed by atoms with E-state index in [0.29, 0.717) is 25.0 Å². The van der Waals surface area contributed by atoms with Gasteiger partial charge < -0.3 is 4.90 Å². The lowest BCUT2D eigenvalue weighted by atomic mass is 10.1. The van der Waals surface area contributed by atoms with E-state index >= 15 is 0 Å². The number of amides is 1. The molecule has 3 heterocycles. The van der Waals surface area contributed by atoms with Crippen LogP contribution in [0.2, 0.25) is 0 Å². The number of hydrogen-bond donors (Lipinski definition) is 0. The normalized spacial score (nSPS) is 39.1. The van der Waals surface area contributed by atoms with Crippen molar-refractivity contribution in [3.05, 3.63) is 0 Å². The Kier molecular flexibility index (Phi) is 2.36. The lowest BCUT2D eigenvalue weighted by molar-refractivity contribution is -0.130. The molecule has 0 spiro atoms. The number of carbonyl (C=O) groups is 1. The Morgan fingerprint density at radius 1 is 1.25 bits per heavy atom. The quantitative estimate of drug-likeness (QED) is 0.648. The number of rotatable bonds is 1. The maximum Gasteiger partial charge on any atom is 0.224 e. The molecule has 86 valence electrons. The molecule has 3 atom stereocenters. The van der Waals surface area contributed by atoms with E-state index in [1.54, 1.807) is 0 Å². The number of carbonyl (C=O) groups excluding carboxylic acids is 1. The fourth-order valence-corrected chi connectivity index (χ4v) is 3.56. The summed E-state index contributed by atoms with van der Waals surface area (Å²) in [6, 6.07) is 3.21. The fraction of sp³-hybridized carbons (Fsp3) is 0.833. The Balaban J connectivity index is 1.74. The van der Waals surface area contributed by atoms with Gasteiger partial charge in [0.1, 0.15) is 0 Å². The van der Waals surface area contributed by atoms with Gasteiger partial charge in [0.15, 0.2) is 0 Å². The Morgan fingerprint density at radius 3 is 2.88 bits per heavy atom. The van der Waals surface area contributed by atoms with E-state index in [1.807, 2.05) is 4.90 Å². The van der Waals surface area contributed by atoms with Crippen LogP contribution in [0, 0.1) is 17.2 Å². The van der Waals surface area contributed by atoms with Crippen LogP contribution in [-0.2, 0) is 4.79 Å². The molecular weight excluding hydrogens is 202 g/mol. The number of likely N-dealkylation sites (tertiary alicyclic amines) is 1. The Bertz CT molecular complexity index is 349. The molecule has 0 radical (unpaired) electrons. The van der Waals surface area contributed by atoms with Gasteiger partial charge >= 0.3 is 0 Å². The van der Waals surface area contributed by atoms with E-state index in [1.165, 1.54) is 19.4 Å². The zero-order chi connectivity index (χ0) is 11.1. The summed E-state index contributed by atoms with van der Waals surface area (Å²) in [5.74, 6) is 0.133. The predicted octanol–water partition coefficient (Wildman–Crippen LogP) is 0.595. The minimum absolute atomic E-state index is 0.0667. The molecule has 16 heavy (non-hydrogen) atoms. The Labute approximate surface area is 95.8 Å². The SMILES string of the molecule is N#CC1CC(=O)N(C2CCN3CCCC23)C1. The fourth-order valence-electron chi connectivity index (χ4n) is 3.56. The molecule has 3 fully saturated rings. The van der Waals surface area contributed by atoms with Crippen LogP contribution in [0.25, 0.3) is 0 Å². The van der Waals surface area contributed by atoms with Crippen molar-refractivity contribution in [3.63, 3.8) is 0 Å². The van der Waals surface area contributed by atoms with E-state index in [9.17, 15) is 4.79 Å². The van der Waals surface area contributed by atoms with Crippen molar-refractivity contribution in [1.29, 1.82) is 5.26 Å². The van der Waals surface area contributed by atoms with Gasteiger partial charge in [-0.05, 0) is 25.8 Å². The predicted molar refractivity (Wildman–Crippen MR) is 58.4 cm³/mol. The van der Waals surface area contributed by atoms with Crippen LogP contribution >= 0.6 is 0 Å². The Hall–Kier alpha value is -1.08. The summed E-state index contributed by atoms with van der Waals surface area (Å²) in [6.07, 6.45) is 4.05. The summed E-state index contributed by atoms with van der Waals surface area (Å²) in [7, 11) is 0. The highest BCUT2D eigenvalue weighted by Crippen LogP contribution is 2.34. The summed E-state index contributed by atoms with van der Waals surface area (Å²) >= 11 is 0. The molecule has 3 aliphatic rings. The molecule has 3 aliphatic heterocycles. The van der Waals surface area contributed by atoms with Crippen molar-refractivity contribution in [1.82, 2.24) is 9.80 Å². The summed E-state index contributed by atoms with van der Waals surface area (Å²) in [5.41, 5.74) is 0. The molecule has 3 saturated heterocycles. The van der Waals surface area contributed by atoms with Gasteiger partial charge in [-0.1, -0.05) is 0 Å². The third-order valence-electron chi connectivity index (χ3n) is 4.31. The van der Waals surface area contributed by atoms with E-state index < -0.39 is 0 Å². The second-order valence-corrected chi connectivity index (χ2v) is 5.18. The summed E-state index contributed by atoms with van der Waals surface area (Å²) in [4.78, 5) is 16.4. The standard InChI is InChI=1S/C12H17N3O/c13-7-9-6-12(16)15(8-9)11-3-5-14-4-1-2-10(11)14/h9-11H,1-6,8H2. The van der Waals surface area contributed by atoms with Gasteiger partial charge in [-0.15, -0.1) is 0 Å². The summed E-state index contributed by atoms with van der Waals surface area (Å²) in [6.45, 7) is 3.01. The van der Waals surface area contributed by atoms with Crippen molar-refractivity contribution in [2.45, 2.75) is 37.8 Å². The van der Waals surface area contributed by atoms with Crippen LogP contribution in [0.4, 0.5) is 0 Å². The molecular formula is C12H17N3O. The van der Waals surface area contributed by atoms with Crippen LogP contribution in [-0.4, -0.2) is 47.4 Å². The second-order valence-electron chi connectivity index (χ2n) is 5.18. The zero-order valence-electron chi connectivity index (χ0n) is 9.43. The lowest BCUT2D eigenvalue weighted by Gasteiger charge is -2.29. The van der Waals surface area contributed by atoms with Crippen LogP contribution in [0.3, 0.4) is 0 Å². The average Bonchev–Trinajstić information content (AvgIpc) is 2.91. The van der Waals surface area contributed by atoms with Gasteiger partial charge in [0, 0.05) is 31.6 Å². The molecule has 4 nitrogen and oxygen atoms in total. The van der Waals surface area contributed by atoms with Crippen molar-refractivity contribution < 1.29 is 4.79 Å². The highest BCUT2D eigenvalue weighted by molar-refractivity contribution is 5.79. The number of hydrogen-bond acceptors (Lipinski definition) is 3. The van der Waals surface area contributed by atoms with Crippen LogP contribution < -0.4 is 0 Å². The first kappa shape index (κ1) is 10.1. The molecule has 1 amide bonds. The van der Waals surface area contributed by atoms with Crippen molar-refractivity contribution in [3.8, 4) is 6.07 Å². The van der Waals surface area contributed by atoms with Gasteiger partial charge in [0.05, 0.1) is 12.0 Å². The van der Waals surface area contributed by atoms with E-state index in [2.05, 4.69) is 11.0 Å². The molecule has 0 aromatic carbocycles. The summed E-state index contributed by atoms with van der Waals surface area (Å²) in [5, 5.41) is 8.89. The highest BCUT2D eigenvalue weighted by Gasteiger charge is 2.44. The number of fused-ring (bicyclic) bond motifs is 1. The van der Waals surface area contributed by atoms with Crippen LogP contribution in [0.15, 0.2) is 0 Å². The molecule has 0 bridgehead atoms. The molecule has 0 saturated carbocycles. The average molecular weight is 219 g/mol. The largest absolute Gasteiger partial charge is 0.337 e. The molecule has 0 aromatic heterocycles. The maximum absolute atomic E-state index is 11.9. The van der Waals surface area contributed by atoms with Gasteiger partial charge in [-0.3, -0.25) is 9.69 Å². The van der Waals surface area contributed by atoms with E-state index in [0.717, 1.165) is 13.0 Å². The van der Waals surface area contributed by atoms with Gasteiger partial charge in [-0.25, -0.2) is 0 Å². The monoisotopic (exact) mass is 219 g/mol. The minimum atomic E-state index is -0.0667. The van der Waals surface area contributed by atoms with E-state index in [-0.39, 0.29) is 11.8 Å². The Morgan fingerprint density at radius 2 is 2.12 bits per heavy atom. The molecule has 0 aliphatic carbocycles. The first-order chi connectivity index (χ1) is 7.79. The van der Waals surface area contributed by atoms with Crippen molar-refractivity contribution in [2.75, 3.05) is 19.6 Å². The highest BCUT2D eigenvalue weighted by atomic mass is 16.2. The van der Waals surface area contributed by atoms with Gasteiger partial charge in [0.2, 0.25) is 5.91 Å². The third-order valence-corrected chi connectivity index (χ3v) is 4.31.